The molecule has 0 amide bonds. The summed E-state index contributed by atoms with van der Waals surface area (Å²) in [5.74, 6) is -1.28. The Bertz CT molecular complexity index is 252. The number of hydrogen-bond donors (Lipinski definition) is 2. The summed E-state index contributed by atoms with van der Waals surface area (Å²) in [5.41, 5.74) is 0. The number of hydrogen-bond acceptors (Lipinski definition) is 3. The highest BCUT2D eigenvalue weighted by molar-refractivity contribution is 5.73. The number of aliphatic hydroxyl groups is 1. The molecule has 12 heavy (non-hydrogen) atoms. The molecule has 2 N–H and O–H groups in total. The topological polar surface area (TPSA) is 70.7 Å². The first-order chi connectivity index (χ1) is 5.63. The van der Waals surface area contributed by atoms with E-state index >= 15 is 0 Å². The lowest BCUT2D eigenvalue weighted by atomic mass is 10.0. The smallest absolute Gasteiger partial charge is 0.333 e. The monoisotopic (exact) mass is 170 g/mol. The standard InChI is InChI=1S/C8H10O4/c1-5(7(9)8(10)11)6-3-2-4-12-6/h2-5,7,9H,1H3,(H,10,11). The van der Waals surface area contributed by atoms with E-state index in [1.807, 2.05) is 0 Å². The number of furan rings is 1. The molecular weight excluding hydrogens is 160 g/mol. The lowest BCUT2D eigenvalue weighted by molar-refractivity contribution is -0.147. The summed E-state index contributed by atoms with van der Waals surface area (Å²) in [6.45, 7) is 1.59. The zero-order valence-corrected chi connectivity index (χ0v) is 6.60. The molecule has 0 saturated carbocycles. The highest BCUT2D eigenvalue weighted by Gasteiger charge is 2.24. The predicted octanol–water partition coefficient (Wildman–Crippen LogP) is 0.829. The van der Waals surface area contributed by atoms with Crippen LogP contribution in [0.4, 0.5) is 0 Å². The Balaban J connectivity index is 2.71. The molecule has 1 heterocycles. The van der Waals surface area contributed by atoms with Crippen LogP contribution >= 0.6 is 0 Å². The Morgan fingerprint density at radius 2 is 2.33 bits per heavy atom. The maximum Gasteiger partial charge on any atom is 0.333 e. The van der Waals surface area contributed by atoms with Crippen molar-refractivity contribution in [2.24, 2.45) is 0 Å². The summed E-state index contributed by atoms with van der Waals surface area (Å²) in [7, 11) is 0. The van der Waals surface area contributed by atoms with Gasteiger partial charge in [-0.25, -0.2) is 4.79 Å². The van der Waals surface area contributed by atoms with Crippen molar-refractivity contribution in [3.05, 3.63) is 24.2 Å². The van der Waals surface area contributed by atoms with Gasteiger partial charge in [0.1, 0.15) is 5.76 Å². The molecule has 0 aromatic carbocycles. The molecule has 1 rings (SSSR count). The summed E-state index contributed by atoms with van der Waals surface area (Å²) in [4.78, 5) is 10.3. The van der Waals surface area contributed by atoms with Gasteiger partial charge in [0.25, 0.3) is 0 Å². The van der Waals surface area contributed by atoms with Crippen LogP contribution in [0.1, 0.15) is 18.6 Å². The Hall–Kier alpha value is -1.29. The normalized spacial score (nSPS) is 15.5. The molecule has 4 nitrogen and oxygen atoms in total. The van der Waals surface area contributed by atoms with Crippen molar-refractivity contribution < 1.29 is 19.4 Å². The minimum absolute atomic E-state index is 0.477. The summed E-state index contributed by atoms with van der Waals surface area (Å²) in [5, 5.41) is 17.6. The average Bonchev–Trinajstić information content (AvgIpc) is 2.53. The van der Waals surface area contributed by atoms with Crippen molar-refractivity contribution in [3.8, 4) is 0 Å². The van der Waals surface area contributed by atoms with E-state index in [1.165, 1.54) is 6.26 Å². The quantitative estimate of drug-likeness (QED) is 0.704. The van der Waals surface area contributed by atoms with Crippen LogP contribution in [0.15, 0.2) is 22.8 Å². The fraction of sp³-hybridized carbons (Fsp3) is 0.375. The van der Waals surface area contributed by atoms with E-state index in [2.05, 4.69) is 0 Å². The highest BCUT2D eigenvalue weighted by atomic mass is 16.4. The molecular formula is C8H10O4. The maximum atomic E-state index is 10.3. The van der Waals surface area contributed by atoms with Gasteiger partial charge in [0.05, 0.1) is 12.2 Å². The first-order valence-corrected chi connectivity index (χ1v) is 3.57. The van der Waals surface area contributed by atoms with Gasteiger partial charge in [-0.3, -0.25) is 0 Å². The number of aliphatic carboxylic acids is 1. The van der Waals surface area contributed by atoms with Gasteiger partial charge >= 0.3 is 5.97 Å². The van der Waals surface area contributed by atoms with Crippen molar-refractivity contribution in [2.75, 3.05) is 0 Å². The third-order valence-corrected chi connectivity index (χ3v) is 1.72. The predicted molar refractivity (Wildman–Crippen MR) is 40.8 cm³/mol. The number of rotatable bonds is 3. The second-order valence-electron chi connectivity index (χ2n) is 2.59. The van der Waals surface area contributed by atoms with E-state index in [9.17, 15) is 4.79 Å². The number of carboxylic acids is 1. The second kappa shape index (κ2) is 3.40. The molecule has 1 aromatic rings. The largest absolute Gasteiger partial charge is 0.479 e. The van der Waals surface area contributed by atoms with E-state index in [-0.39, 0.29) is 0 Å². The van der Waals surface area contributed by atoms with E-state index in [4.69, 9.17) is 14.6 Å². The zero-order chi connectivity index (χ0) is 9.14. The summed E-state index contributed by atoms with van der Waals surface area (Å²) in [6.07, 6.45) is 0.0385. The first-order valence-electron chi connectivity index (χ1n) is 3.57. The van der Waals surface area contributed by atoms with Crippen LogP contribution in [-0.4, -0.2) is 22.3 Å². The average molecular weight is 170 g/mol. The van der Waals surface area contributed by atoms with Crippen LogP contribution in [0.2, 0.25) is 0 Å². The molecule has 0 aliphatic carbocycles. The van der Waals surface area contributed by atoms with Gasteiger partial charge in [0.15, 0.2) is 6.10 Å². The van der Waals surface area contributed by atoms with Gasteiger partial charge in [-0.1, -0.05) is 6.92 Å². The van der Waals surface area contributed by atoms with E-state index in [1.54, 1.807) is 19.1 Å². The van der Waals surface area contributed by atoms with E-state index in [0.29, 0.717) is 5.76 Å². The molecule has 0 aliphatic rings. The van der Waals surface area contributed by atoms with Crippen molar-refractivity contribution in [1.29, 1.82) is 0 Å². The van der Waals surface area contributed by atoms with Crippen LogP contribution < -0.4 is 0 Å². The summed E-state index contributed by atoms with van der Waals surface area (Å²) >= 11 is 0. The van der Waals surface area contributed by atoms with Crippen molar-refractivity contribution in [2.45, 2.75) is 18.9 Å². The van der Waals surface area contributed by atoms with E-state index in [0.717, 1.165) is 0 Å². The van der Waals surface area contributed by atoms with Crippen LogP contribution in [0.5, 0.6) is 0 Å². The number of carbonyl (C=O) groups is 1. The van der Waals surface area contributed by atoms with Crippen LogP contribution in [0, 0.1) is 0 Å². The molecule has 0 saturated heterocycles. The van der Waals surface area contributed by atoms with Crippen LogP contribution in [0.25, 0.3) is 0 Å². The zero-order valence-electron chi connectivity index (χ0n) is 6.60. The fourth-order valence-corrected chi connectivity index (χ4v) is 0.920. The highest BCUT2D eigenvalue weighted by Crippen LogP contribution is 2.19. The van der Waals surface area contributed by atoms with Crippen LogP contribution in [-0.2, 0) is 4.79 Å². The Labute approximate surface area is 69.4 Å². The molecule has 2 unspecified atom stereocenters. The van der Waals surface area contributed by atoms with Crippen molar-refractivity contribution in [1.82, 2.24) is 0 Å². The fourth-order valence-electron chi connectivity index (χ4n) is 0.920. The van der Waals surface area contributed by atoms with Gasteiger partial charge in [-0.05, 0) is 12.1 Å². The lowest BCUT2D eigenvalue weighted by Crippen LogP contribution is -2.25. The lowest BCUT2D eigenvalue weighted by Gasteiger charge is -2.11. The molecule has 2 atom stereocenters. The molecule has 0 radical (unpaired) electrons. The number of carboxylic acid groups (broad SMARTS) is 1. The SMILES string of the molecule is CC(c1ccco1)C(O)C(=O)O. The molecule has 0 aliphatic heterocycles. The molecule has 1 aromatic heterocycles. The Kier molecular flexibility index (Phi) is 2.50. The van der Waals surface area contributed by atoms with Gasteiger partial charge in [0, 0.05) is 0 Å². The minimum atomic E-state index is -1.41. The minimum Gasteiger partial charge on any atom is -0.479 e. The third-order valence-electron chi connectivity index (χ3n) is 1.72. The summed E-state index contributed by atoms with van der Waals surface area (Å²) in [6, 6.07) is 3.29. The Morgan fingerprint density at radius 3 is 2.75 bits per heavy atom. The second-order valence-corrected chi connectivity index (χ2v) is 2.59. The molecule has 0 bridgehead atoms. The van der Waals surface area contributed by atoms with E-state index < -0.39 is 18.0 Å². The third kappa shape index (κ3) is 1.65. The summed E-state index contributed by atoms with van der Waals surface area (Å²) < 4.78 is 4.94. The van der Waals surface area contributed by atoms with Gasteiger partial charge in [-0.2, -0.15) is 0 Å². The molecule has 0 fully saturated rings. The van der Waals surface area contributed by atoms with Crippen molar-refractivity contribution >= 4 is 5.97 Å². The molecule has 66 valence electrons. The van der Waals surface area contributed by atoms with Crippen LogP contribution in [0.3, 0.4) is 0 Å². The first kappa shape index (κ1) is 8.80. The van der Waals surface area contributed by atoms with Gasteiger partial charge < -0.3 is 14.6 Å². The molecule has 0 spiro atoms. The maximum absolute atomic E-state index is 10.3. The van der Waals surface area contributed by atoms with Gasteiger partial charge in [-0.15, -0.1) is 0 Å². The Morgan fingerprint density at radius 1 is 1.67 bits per heavy atom. The van der Waals surface area contributed by atoms with Gasteiger partial charge in [0.2, 0.25) is 0 Å². The number of aliphatic hydroxyl groups excluding tert-OH is 1. The van der Waals surface area contributed by atoms with Crippen molar-refractivity contribution in [3.63, 3.8) is 0 Å². The molecule has 4 heteroatoms.